The van der Waals surface area contributed by atoms with E-state index in [0.29, 0.717) is 29.0 Å². The SMILES string of the molecule is CCCNC(=O)Cn1nc(C)c2nn(-c3ccccc3)c(-n3cccc3)c2c1=O. The van der Waals surface area contributed by atoms with Crippen molar-refractivity contribution >= 4 is 16.8 Å². The highest BCUT2D eigenvalue weighted by atomic mass is 16.2. The van der Waals surface area contributed by atoms with Crippen LogP contribution in [0.25, 0.3) is 22.4 Å². The van der Waals surface area contributed by atoms with E-state index in [1.165, 1.54) is 4.68 Å². The zero-order chi connectivity index (χ0) is 20.4. The summed E-state index contributed by atoms with van der Waals surface area (Å²) in [5, 5.41) is 12.2. The predicted molar refractivity (Wildman–Crippen MR) is 110 cm³/mol. The van der Waals surface area contributed by atoms with Crippen molar-refractivity contribution in [3.63, 3.8) is 0 Å². The van der Waals surface area contributed by atoms with Crippen LogP contribution in [0.2, 0.25) is 0 Å². The van der Waals surface area contributed by atoms with Crippen molar-refractivity contribution < 1.29 is 4.79 Å². The van der Waals surface area contributed by atoms with Gasteiger partial charge in [0.2, 0.25) is 5.91 Å². The first-order valence-corrected chi connectivity index (χ1v) is 9.56. The van der Waals surface area contributed by atoms with E-state index >= 15 is 0 Å². The minimum Gasteiger partial charge on any atom is -0.355 e. The molecule has 4 aromatic rings. The number of aromatic nitrogens is 5. The average Bonchev–Trinajstić information content (AvgIpc) is 3.38. The van der Waals surface area contributed by atoms with Crippen molar-refractivity contribution in [3.05, 3.63) is 70.9 Å². The summed E-state index contributed by atoms with van der Waals surface area (Å²) < 4.78 is 4.81. The van der Waals surface area contributed by atoms with E-state index in [1.807, 2.05) is 66.3 Å². The van der Waals surface area contributed by atoms with Crippen LogP contribution in [0.15, 0.2) is 59.7 Å². The minimum absolute atomic E-state index is 0.128. The van der Waals surface area contributed by atoms with Crippen LogP contribution in [0, 0.1) is 6.92 Å². The molecular formula is C21H22N6O2. The fourth-order valence-corrected chi connectivity index (χ4v) is 3.29. The summed E-state index contributed by atoms with van der Waals surface area (Å²) in [6, 6.07) is 13.4. The maximum absolute atomic E-state index is 13.3. The molecule has 8 nitrogen and oxygen atoms in total. The Morgan fingerprint density at radius 1 is 1.07 bits per heavy atom. The van der Waals surface area contributed by atoms with Gasteiger partial charge in [0.15, 0.2) is 5.82 Å². The molecule has 148 valence electrons. The Kier molecular flexibility index (Phi) is 4.99. The molecule has 0 bridgehead atoms. The zero-order valence-electron chi connectivity index (χ0n) is 16.4. The lowest BCUT2D eigenvalue weighted by molar-refractivity contribution is -0.121. The van der Waals surface area contributed by atoms with E-state index < -0.39 is 0 Å². The number of nitrogens with zero attached hydrogens (tertiary/aromatic N) is 5. The van der Waals surface area contributed by atoms with Crippen LogP contribution < -0.4 is 10.9 Å². The number of amides is 1. The minimum atomic E-state index is -0.344. The van der Waals surface area contributed by atoms with Gasteiger partial charge >= 0.3 is 0 Å². The molecular weight excluding hydrogens is 368 g/mol. The van der Waals surface area contributed by atoms with E-state index in [-0.39, 0.29) is 18.0 Å². The molecule has 4 rings (SSSR count). The smallest absolute Gasteiger partial charge is 0.280 e. The molecule has 0 fully saturated rings. The van der Waals surface area contributed by atoms with Crippen LogP contribution in [0.3, 0.4) is 0 Å². The van der Waals surface area contributed by atoms with E-state index in [4.69, 9.17) is 0 Å². The molecule has 0 unspecified atom stereocenters. The third-order valence-corrected chi connectivity index (χ3v) is 4.64. The van der Waals surface area contributed by atoms with Crippen LogP contribution in [0.5, 0.6) is 0 Å². The maximum Gasteiger partial charge on any atom is 0.280 e. The van der Waals surface area contributed by atoms with E-state index in [1.54, 1.807) is 11.6 Å². The molecule has 3 aromatic heterocycles. The third-order valence-electron chi connectivity index (χ3n) is 4.64. The van der Waals surface area contributed by atoms with Crippen molar-refractivity contribution in [3.8, 4) is 11.5 Å². The Morgan fingerprint density at radius 2 is 1.79 bits per heavy atom. The summed E-state index contributed by atoms with van der Waals surface area (Å²) in [7, 11) is 0. The monoisotopic (exact) mass is 390 g/mol. The second-order valence-electron chi connectivity index (χ2n) is 6.78. The van der Waals surface area contributed by atoms with E-state index in [2.05, 4.69) is 15.5 Å². The van der Waals surface area contributed by atoms with Gasteiger partial charge in [-0.15, -0.1) is 0 Å². The fourth-order valence-electron chi connectivity index (χ4n) is 3.29. The van der Waals surface area contributed by atoms with Gasteiger partial charge in [0, 0.05) is 18.9 Å². The molecule has 3 heterocycles. The molecule has 0 spiro atoms. The highest BCUT2D eigenvalue weighted by Gasteiger charge is 2.22. The fraction of sp³-hybridized carbons (Fsp3) is 0.238. The summed E-state index contributed by atoms with van der Waals surface area (Å²) in [6.45, 7) is 4.21. The lowest BCUT2D eigenvalue weighted by atomic mass is 10.2. The molecule has 1 N–H and O–H groups in total. The molecule has 8 heteroatoms. The Balaban J connectivity index is 1.94. The second kappa shape index (κ2) is 7.75. The van der Waals surface area contributed by atoms with Crippen LogP contribution in [-0.4, -0.2) is 36.6 Å². The molecule has 0 aliphatic carbocycles. The van der Waals surface area contributed by atoms with Gasteiger partial charge in [-0.05, 0) is 37.6 Å². The summed E-state index contributed by atoms with van der Waals surface area (Å²) in [6.07, 6.45) is 4.56. The van der Waals surface area contributed by atoms with Crippen LogP contribution in [0.1, 0.15) is 19.0 Å². The topological polar surface area (TPSA) is 86.7 Å². The Labute approximate surface area is 167 Å². The molecule has 0 aliphatic rings. The number of aryl methyl sites for hydroxylation is 1. The standard InChI is InChI=1S/C21H22N6O2/c1-3-11-22-17(28)14-26-21(29)18-19(15(2)23-26)24-27(16-9-5-4-6-10-16)20(18)25-12-7-8-13-25/h4-10,12-13H,3,11,14H2,1-2H3,(H,22,28). The van der Waals surface area contributed by atoms with E-state index in [0.717, 1.165) is 12.1 Å². The van der Waals surface area contributed by atoms with Gasteiger partial charge < -0.3 is 9.88 Å². The van der Waals surface area contributed by atoms with Gasteiger partial charge in [-0.2, -0.15) is 10.2 Å². The third kappa shape index (κ3) is 3.44. The summed E-state index contributed by atoms with van der Waals surface area (Å²) in [5.41, 5.74) is 1.60. The normalized spacial score (nSPS) is 11.1. The average molecular weight is 390 g/mol. The first-order chi connectivity index (χ1) is 14.1. The number of para-hydroxylation sites is 1. The number of fused-ring (bicyclic) bond motifs is 1. The van der Waals surface area contributed by atoms with Gasteiger partial charge in [0.05, 0.1) is 11.4 Å². The van der Waals surface area contributed by atoms with E-state index in [9.17, 15) is 9.59 Å². The Morgan fingerprint density at radius 3 is 2.48 bits per heavy atom. The van der Waals surface area contributed by atoms with Crippen molar-refractivity contribution in [1.29, 1.82) is 0 Å². The number of hydrogen-bond acceptors (Lipinski definition) is 4. The lowest BCUT2D eigenvalue weighted by Crippen LogP contribution is -2.34. The summed E-state index contributed by atoms with van der Waals surface area (Å²) in [4.78, 5) is 25.5. The van der Waals surface area contributed by atoms with Gasteiger partial charge in [0.25, 0.3) is 5.56 Å². The van der Waals surface area contributed by atoms with Gasteiger partial charge in [0.1, 0.15) is 17.4 Å². The molecule has 1 aromatic carbocycles. The lowest BCUT2D eigenvalue weighted by Gasteiger charge is -2.09. The molecule has 0 aliphatic heterocycles. The molecule has 29 heavy (non-hydrogen) atoms. The van der Waals surface area contributed by atoms with Gasteiger partial charge in [-0.25, -0.2) is 9.36 Å². The number of rotatable bonds is 6. The largest absolute Gasteiger partial charge is 0.355 e. The first kappa shape index (κ1) is 18.7. The summed E-state index contributed by atoms with van der Waals surface area (Å²) >= 11 is 0. The highest BCUT2D eigenvalue weighted by Crippen LogP contribution is 2.24. The van der Waals surface area contributed by atoms with Crippen molar-refractivity contribution in [2.24, 2.45) is 0 Å². The molecule has 0 atom stereocenters. The summed E-state index contributed by atoms with van der Waals surface area (Å²) in [5.74, 6) is 0.382. The van der Waals surface area contributed by atoms with Gasteiger partial charge in [-0.1, -0.05) is 25.1 Å². The van der Waals surface area contributed by atoms with Crippen molar-refractivity contribution in [1.82, 2.24) is 29.4 Å². The Hall–Kier alpha value is -3.68. The molecule has 0 saturated carbocycles. The van der Waals surface area contributed by atoms with Gasteiger partial charge in [-0.3, -0.25) is 9.59 Å². The number of nitrogens with one attached hydrogen (secondary N) is 1. The quantitative estimate of drug-likeness (QED) is 0.547. The maximum atomic E-state index is 13.3. The Bertz CT molecular complexity index is 1210. The zero-order valence-corrected chi connectivity index (χ0v) is 16.4. The second-order valence-corrected chi connectivity index (χ2v) is 6.78. The highest BCUT2D eigenvalue weighted by molar-refractivity contribution is 5.88. The van der Waals surface area contributed by atoms with Crippen LogP contribution in [0.4, 0.5) is 0 Å². The van der Waals surface area contributed by atoms with Crippen LogP contribution in [-0.2, 0) is 11.3 Å². The number of benzene rings is 1. The predicted octanol–water partition coefficient (Wildman–Crippen LogP) is 2.21. The molecule has 0 saturated heterocycles. The first-order valence-electron chi connectivity index (χ1n) is 9.56. The number of carbonyl (C=O) groups is 1. The van der Waals surface area contributed by atoms with Crippen LogP contribution >= 0.6 is 0 Å². The number of hydrogen-bond donors (Lipinski definition) is 1. The van der Waals surface area contributed by atoms with Crippen molar-refractivity contribution in [2.75, 3.05) is 6.54 Å². The number of carbonyl (C=O) groups excluding carboxylic acids is 1. The molecule has 0 radical (unpaired) electrons. The van der Waals surface area contributed by atoms with Crippen molar-refractivity contribution in [2.45, 2.75) is 26.8 Å². The molecule has 1 amide bonds.